The van der Waals surface area contributed by atoms with Gasteiger partial charge in [0, 0.05) is 0 Å². The van der Waals surface area contributed by atoms with E-state index in [1.807, 2.05) is 0 Å². The van der Waals surface area contributed by atoms with E-state index < -0.39 is 12.1 Å². The van der Waals surface area contributed by atoms with Gasteiger partial charge in [-0.05, 0) is 31.6 Å². The maximum Gasteiger partial charge on any atom is 0.391 e. The Hall–Kier alpha value is -0.210. The van der Waals surface area contributed by atoms with E-state index in [4.69, 9.17) is 0 Å². The van der Waals surface area contributed by atoms with Crippen LogP contribution in [0.15, 0.2) is 0 Å². The first kappa shape index (κ1) is 9.87. The van der Waals surface area contributed by atoms with Crippen molar-refractivity contribution in [3.05, 3.63) is 0 Å². The lowest BCUT2D eigenvalue weighted by atomic mass is 9.80. The van der Waals surface area contributed by atoms with Crippen LogP contribution in [0.2, 0.25) is 0 Å². The summed E-state index contributed by atoms with van der Waals surface area (Å²) in [4.78, 5) is 0. The monoisotopic (exact) mass is 180 g/mol. The molecule has 1 saturated carbocycles. The first-order valence-corrected chi connectivity index (χ1v) is 4.60. The topological polar surface area (TPSA) is 0 Å². The molecule has 0 aliphatic heterocycles. The van der Waals surface area contributed by atoms with Gasteiger partial charge in [-0.2, -0.15) is 13.2 Å². The van der Waals surface area contributed by atoms with Gasteiger partial charge in [0.05, 0.1) is 5.92 Å². The normalized spacial score (nSPS) is 32.0. The van der Waals surface area contributed by atoms with Crippen LogP contribution in [0.3, 0.4) is 0 Å². The number of hydrogen-bond acceptors (Lipinski definition) is 0. The molecule has 0 amide bonds. The van der Waals surface area contributed by atoms with E-state index >= 15 is 0 Å². The van der Waals surface area contributed by atoms with Crippen LogP contribution in [0.5, 0.6) is 0 Å². The molecule has 0 aromatic carbocycles. The standard InChI is InChI=1S/C9H15F3/c1-2-7-3-5-8(6-4-7)9(10,11)12/h7-8H,2-6H2,1H3/t7-,8+. The minimum Gasteiger partial charge on any atom is -0.171 e. The lowest BCUT2D eigenvalue weighted by molar-refractivity contribution is -0.183. The Kier molecular flexibility index (Phi) is 3.02. The quantitative estimate of drug-likeness (QED) is 0.576. The van der Waals surface area contributed by atoms with Crippen molar-refractivity contribution in [2.24, 2.45) is 11.8 Å². The molecule has 72 valence electrons. The lowest BCUT2D eigenvalue weighted by Crippen LogP contribution is -2.27. The molecule has 0 unspecified atom stereocenters. The molecule has 0 nitrogen and oxygen atoms in total. The maximum absolute atomic E-state index is 12.2. The van der Waals surface area contributed by atoms with Gasteiger partial charge >= 0.3 is 6.18 Å². The molecule has 0 aromatic rings. The predicted octanol–water partition coefficient (Wildman–Crippen LogP) is 3.77. The van der Waals surface area contributed by atoms with Gasteiger partial charge in [0.1, 0.15) is 0 Å². The fourth-order valence-corrected chi connectivity index (χ4v) is 1.90. The molecule has 1 rings (SSSR count). The van der Waals surface area contributed by atoms with Crippen molar-refractivity contribution in [1.82, 2.24) is 0 Å². The minimum absolute atomic E-state index is 0.349. The van der Waals surface area contributed by atoms with Gasteiger partial charge in [-0.3, -0.25) is 0 Å². The van der Waals surface area contributed by atoms with Crippen molar-refractivity contribution < 1.29 is 13.2 Å². The highest BCUT2D eigenvalue weighted by molar-refractivity contribution is 4.76. The number of rotatable bonds is 1. The minimum atomic E-state index is -3.95. The van der Waals surface area contributed by atoms with Crippen molar-refractivity contribution in [3.8, 4) is 0 Å². The average molecular weight is 180 g/mol. The summed E-state index contributed by atoms with van der Waals surface area (Å²) in [5.74, 6) is -0.469. The molecular formula is C9H15F3. The van der Waals surface area contributed by atoms with Crippen LogP contribution in [-0.2, 0) is 0 Å². The van der Waals surface area contributed by atoms with E-state index in [1.165, 1.54) is 0 Å². The molecule has 0 aromatic heterocycles. The molecule has 1 fully saturated rings. The zero-order valence-electron chi connectivity index (χ0n) is 7.32. The van der Waals surface area contributed by atoms with E-state index in [-0.39, 0.29) is 0 Å². The van der Waals surface area contributed by atoms with E-state index in [9.17, 15) is 13.2 Å². The maximum atomic E-state index is 12.2. The van der Waals surface area contributed by atoms with Crippen molar-refractivity contribution in [2.75, 3.05) is 0 Å². The van der Waals surface area contributed by atoms with E-state index in [0.717, 1.165) is 19.3 Å². The molecule has 0 atom stereocenters. The summed E-state index contributed by atoms with van der Waals surface area (Å²) in [5.41, 5.74) is 0. The van der Waals surface area contributed by atoms with E-state index in [1.54, 1.807) is 0 Å². The van der Waals surface area contributed by atoms with Crippen LogP contribution in [0.4, 0.5) is 13.2 Å². The Balaban J connectivity index is 2.36. The van der Waals surface area contributed by atoms with Crippen LogP contribution in [0.25, 0.3) is 0 Å². The molecule has 0 heterocycles. The molecule has 0 saturated heterocycles. The Morgan fingerprint density at radius 3 is 1.92 bits per heavy atom. The molecule has 0 spiro atoms. The van der Waals surface area contributed by atoms with Gasteiger partial charge in [-0.25, -0.2) is 0 Å². The van der Waals surface area contributed by atoms with Crippen LogP contribution in [0, 0.1) is 11.8 Å². The van der Waals surface area contributed by atoms with Crippen LogP contribution in [-0.4, -0.2) is 6.18 Å². The summed E-state index contributed by atoms with van der Waals surface area (Å²) in [6, 6.07) is 0. The number of hydrogen-bond donors (Lipinski definition) is 0. The van der Waals surface area contributed by atoms with Crippen LogP contribution >= 0.6 is 0 Å². The molecule has 0 bridgehead atoms. The lowest BCUT2D eigenvalue weighted by Gasteiger charge is -2.29. The summed E-state index contributed by atoms with van der Waals surface area (Å²) in [7, 11) is 0. The van der Waals surface area contributed by atoms with E-state index in [2.05, 4.69) is 6.92 Å². The van der Waals surface area contributed by atoms with Crippen molar-refractivity contribution in [1.29, 1.82) is 0 Å². The summed E-state index contributed by atoms with van der Waals surface area (Å²) < 4.78 is 36.5. The Morgan fingerprint density at radius 2 is 1.58 bits per heavy atom. The van der Waals surface area contributed by atoms with Crippen LogP contribution < -0.4 is 0 Å². The predicted molar refractivity (Wildman–Crippen MR) is 41.8 cm³/mol. The van der Waals surface area contributed by atoms with Crippen LogP contribution in [0.1, 0.15) is 39.0 Å². The molecule has 12 heavy (non-hydrogen) atoms. The SMILES string of the molecule is CC[C@H]1CC[C@@H](C(F)(F)F)CC1. The molecule has 3 heteroatoms. The third-order valence-electron chi connectivity index (χ3n) is 2.89. The second kappa shape index (κ2) is 3.67. The van der Waals surface area contributed by atoms with Gasteiger partial charge in [0.25, 0.3) is 0 Å². The first-order chi connectivity index (χ1) is 5.54. The number of halogens is 3. The largest absolute Gasteiger partial charge is 0.391 e. The zero-order chi connectivity index (χ0) is 9.19. The first-order valence-electron chi connectivity index (χ1n) is 4.60. The molecule has 0 N–H and O–H groups in total. The van der Waals surface area contributed by atoms with Crippen molar-refractivity contribution >= 4 is 0 Å². The van der Waals surface area contributed by atoms with Gasteiger partial charge in [0.15, 0.2) is 0 Å². The van der Waals surface area contributed by atoms with Crippen molar-refractivity contribution in [3.63, 3.8) is 0 Å². The summed E-state index contributed by atoms with van der Waals surface area (Å²) in [5, 5.41) is 0. The third kappa shape index (κ3) is 2.39. The Labute approximate surface area is 71.1 Å². The van der Waals surface area contributed by atoms with Crippen molar-refractivity contribution in [2.45, 2.75) is 45.2 Å². The molecular weight excluding hydrogens is 165 g/mol. The smallest absolute Gasteiger partial charge is 0.171 e. The zero-order valence-corrected chi connectivity index (χ0v) is 7.32. The van der Waals surface area contributed by atoms with Gasteiger partial charge in [-0.1, -0.05) is 13.3 Å². The molecule has 0 radical (unpaired) electrons. The second-order valence-electron chi connectivity index (χ2n) is 3.67. The van der Waals surface area contributed by atoms with E-state index in [0.29, 0.717) is 18.8 Å². The van der Waals surface area contributed by atoms with Gasteiger partial charge < -0.3 is 0 Å². The Morgan fingerprint density at radius 1 is 1.08 bits per heavy atom. The average Bonchev–Trinajstić information content (AvgIpc) is 2.03. The summed E-state index contributed by atoms with van der Waals surface area (Å²) in [6.45, 7) is 2.05. The molecule has 1 aliphatic rings. The molecule has 1 aliphatic carbocycles. The highest BCUT2D eigenvalue weighted by atomic mass is 19.4. The number of alkyl halides is 3. The highest BCUT2D eigenvalue weighted by Crippen LogP contribution is 2.40. The Bertz CT molecular complexity index is 131. The third-order valence-corrected chi connectivity index (χ3v) is 2.89. The van der Waals surface area contributed by atoms with Gasteiger partial charge in [0.2, 0.25) is 0 Å². The fourth-order valence-electron chi connectivity index (χ4n) is 1.90. The van der Waals surface area contributed by atoms with Gasteiger partial charge in [-0.15, -0.1) is 0 Å². The second-order valence-corrected chi connectivity index (χ2v) is 3.67. The summed E-state index contributed by atoms with van der Waals surface area (Å²) >= 11 is 0. The highest BCUT2D eigenvalue weighted by Gasteiger charge is 2.40. The fraction of sp³-hybridized carbons (Fsp3) is 1.00. The summed E-state index contributed by atoms with van der Waals surface area (Å²) in [6.07, 6.45) is -0.686.